The van der Waals surface area contributed by atoms with Crippen LogP contribution in [0.5, 0.6) is 11.5 Å². The fourth-order valence-corrected chi connectivity index (χ4v) is 2.36. The normalized spacial score (nSPS) is 12.6. The van der Waals surface area contributed by atoms with Crippen LogP contribution in [0.2, 0.25) is 0 Å². The van der Waals surface area contributed by atoms with E-state index in [0.717, 1.165) is 12.1 Å². The second-order valence-corrected chi connectivity index (χ2v) is 5.38. The molecule has 0 saturated heterocycles. The van der Waals surface area contributed by atoms with Crippen molar-refractivity contribution < 1.29 is 32.2 Å². The van der Waals surface area contributed by atoms with Gasteiger partial charge in [-0.25, -0.2) is 0 Å². The Bertz CT molecular complexity index is 852. The molecular weight excluding hydrogens is 353 g/mol. The molecule has 0 aromatic heterocycles. The van der Waals surface area contributed by atoms with Gasteiger partial charge in [-0.1, -0.05) is 12.1 Å². The third-order valence-electron chi connectivity index (χ3n) is 3.48. The van der Waals surface area contributed by atoms with E-state index in [9.17, 15) is 22.8 Å². The van der Waals surface area contributed by atoms with Crippen LogP contribution in [-0.2, 0) is 15.8 Å². The number of para-hydroxylation sites is 1. The van der Waals surface area contributed by atoms with Crippen molar-refractivity contribution in [2.24, 2.45) is 0 Å². The van der Waals surface area contributed by atoms with E-state index in [1.807, 2.05) is 0 Å². The zero-order valence-corrected chi connectivity index (χ0v) is 13.2. The van der Waals surface area contributed by atoms with Crippen LogP contribution in [0.1, 0.15) is 12.0 Å². The molecule has 0 spiro atoms. The van der Waals surface area contributed by atoms with Crippen LogP contribution < -0.4 is 20.1 Å². The van der Waals surface area contributed by atoms with E-state index in [4.69, 9.17) is 9.47 Å². The first-order valence-corrected chi connectivity index (χ1v) is 7.48. The highest BCUT2D eigenvalue weighted by molar-refractivity contribution is 6.08. The van der Waals surface area contributed by atoms with Crippen molar-refractivity contribution in [3.8, 4) is 11.5 Å². The van der Waals surface area contributed by atoms with Crippen molar-refractivity contribution in [3.05, 3.63) is 48.0 Å². The molecule has 1 aliphatic rings. The lowest BCUT2D eigenvalue weighted by molar-refractivity contribution is -0.137. The molecule has 0 bridgehead atoms. The minimum absolute atomic E-state index is 0.0771. The first-order valence-electron chi connectivity index (χ1n) is 7.48. The molecule has 1 aliphatic heterocycles. The third-order valence-corrected chi connectivity index (χ3v) is 3.48. The van der Waals surface area contributed by atoms with Gasteiger partial charge >= 0.3 is 6.18 Å². The van der Waals surface area contributed by atoms with Crippen LogP contribution in [0, 0.1) is 0 Å². The van der Waals surface area contributed by atoms with Crippen molar-refractivity contribution in [2.45, 2.75) is 12.6 Å². The van der Waals surface area contributed by atoms with Crippen LogP contribution in [0.4, 0.5) is 24.5 Å². The number of nitrogens with one attached hydrogen (secondary N) is 2. The van der Waals surface area contributed by atoms with Gasteiger partial charge in [0.25, 0.3) is 0 Å². The Morgan fingerprint density at radius 3 is 2.42 bits per heavy atom. The number of benzene rings is 2. The maximum atomic E-state index is 12.9. The highest BCUT2D eigenvalue weighted by Crippen LogP contribution is 2.35. The van der Waals surface area contributed by atoms with Gasteiger partial charge in [-0.15, -0.1) is 0 Å². The summed E-state index contributed by atoms with van der Waals surface area (Å²) in [5, 5.41) is 4.59. The lowest BCUT2D eigenvalue weighted by atomic mass is 10.1. The summed E-state index contributed by atoms with van der Waals surface area (Å²) >= 11 is 0. The summed E-state index contributed by atoms with van der Waals surface area (Å²) in [6.45, 7) is 0.0771. The summed E-state index contributed by atoms with van der Waals surface area (Å²) in [6.07, 6.45) is -5.25. The molecule has 9 heteroatoms. The number of ether oxygens (including phenoxy) is 2. The molecule has 0 radical (unpaired) electrons. The van der Waals surface area contributed by atoms with Crippen molar-refractivity contribution in [1.29, 1.82) is 0 Å². The smallest absolute Gasteiger partial charge is 0.418 e. The molecule has 0 saturated carbocycles. The fourth-order valence-electron chi connectivity index (χ4n) is 2.36. The number of rotatable bonds is 4. The highest BCUT2D eigenvalue weighted by atomic mass is 19.4. The second-order valence-electron chi connectivity index (χ2n) is 5.38. The maximum Gasteiger partial charge on any atom is 0.418 e. The topological polar surface area (TPSA) is 76.7 Å². The van der Waals surface area contributed by atoms with Crippen molar-refractivity contribution in [3.63, 3.8) is 0 Å². The number of fused-ring (bicyclic) bond motifs is 1. The van der Waals surface area contributed by atoms with Crippen LogP contribution in [0.3, 0.4) is 0 Å². The molecule has 2 aromatic rings. The molecule has 1 heterocycles. The Kier molecular flexibility index (Phi) is 4.70. The molecule has 136 valence electrons. The number of halogens is 3. The largest absolute Gasteiger partial charge is 0.454 e. The molecule has 2 amide bonds. The van der Waals surface area contributed by atoms with Crippen LogP contribution in [0.25, 0.3) is 0 Å². The molecule has 0 atom stereocenters. The van der Waals surface area contributed by atoms with Gasteiger partial charge in [-0.2, -0.15) is 13.2 Å². The lowest BCUT2D eigenvalue weighted by Gasteiger charge is -2.13. The van der Waals surface area contributed by atoms with Crippen molar-refractivity contribution in [2.75, 3.05) is 17.4 Å². The number of amides is 2. The Hall–Kier alpha value is -3.23. The Balaban J connectivity index is 1.61. The van der Waals surface area contributed by atoms with Gasteiger partial charge in [0.15, 0.2) is 11.5 Å². The summed E-state index contributed by atoms with van der Waals surface area (Å²) in [4.78, 5) is 23.8. The molecule has 3 rings (SSSR count). The molecule has 0 aliphatic carbocycles. The van der Waals surface area contributed by atoms with Gasteiger partial charge in [0.2, 0.25) is 18.6 Å². The van der Waals surface area contributed by atoms with Crippen molar-refractivity contribution in [1.82, 2.24) is 0 Å². The monoisotopic (exact) mass is 366 g/mol. The van der Waals surface area contributed by atoms with Crippen LogP contribution >= 0.6 is 0 Å². The molecule has 0 fully saturated rings. The number of anilines is 2. The predicted octanol–water partition coefficient (Wildman–Crippen LogP) is 3.40. The zero-order valence-electron chi connectivity index (χ0n) is 13.2. The van der Waals surface area contributed by atoms with Gasteiger partial charge in [0, 0.05) is 11.8 Å². The standard InChI is InChI=1S/C17H13F3N2O4/c18-17(19,20)11-3-1-2-4-12(11)22-16(24)8-15(23)21-10-5-6-13-14(7-10)26-9-25-13/h1-7H,8-9H2,(H,21,23)(H,22,24). The quantitative estimate of drug-likeness (QED) is 0.813. The molecule has 2 N–H and O–H groups in total. The van der Waals surface area contributed by atoms with Crippen LogP contribution in [0.15, 0.2) is 42.5 Å². The maximum absolute atomic E-state index is 12.9. The molecule has 6 nitrogen and oxygen atoms in total. The van der Waals surface area contributed by atoms with Gasteiger partial charge < -0.3 is 20.1 Å². The Morgan fingerprint density at radius 1 is 0.962 bits per heavy atom. The van der Waals surface area contributed by atoms with E-state index >= 15 is 0 Å². The van der Waals surface area contributed by atoms with E-state index < -0.39 is 35.7 Å². The average molecular weight is 366 g/mol. The van der Waals surface area contributed by atoms with E-state index in [0.29, 0.717) is 17.2 Å². The van der Waals surface area contributed by atoms with Crippen LogP contribution in [-0.4, -0.2) is 18.6 Å². The average Bonchev–Trinajstić information content (AvgIpc) is 3.01. The van der Waals surface area contributed by atoms with Gasteiger partial charge in [0.1, 0.15) is 6.42 Å². The number of hydrogen-bond donors (Lipinski definition) is 2. The summed E-state index contributed by atoms with van der Waals surface area (Å²) in [7, 11) is 0. The van der Waals surface area contributed by atoms with Crippen molar-refractivity contribution >= 4 is 23.2 Å². The number of carbonyl (C=O) groups excluding carboxylic acids is 2. The number of hydrogen-bond acceptors (Lipinski definition) is 4. The number of alkyl halides is 3. The van der Waals surface area contributed by atoms with E-state index in [-0.39, 0.29) is 6.79 Å². The zero-order chi connectivity index (χ0) is 18.7. The first-order chi connectivity index (χ1) is 12.3. The number of carbonyl (C=O) groups is 2. The third kappa shape index (κ3) is 4.05. The van der Waals surface area contributed by atoms with E-state index in [2.05, 4.69) is 10.6 Å². The predicted molar refractivity (Wildman–Crippen MR) is 85.9 cm³/mol. The summed E-state index contributed by atoms with van der Waals surface area (Å²) in [6, 6.07) is 9.22. The van der Waals surface area contributed by atoms with E-state index in [1.165, 1.54) is 18.2 Å². The van der Waals surface area contributed by atoms with E-state index in [1.54, 1.807) is 12.1 Å². The van der Waals surface area contributed by atoms with Gasteiger partial charge in [0.05, 0.1) is 11.3 Å². The summed E-state index contributed by atoms with van der Waals surface area (Å²) in [5.41, 5.74) is -1.01. The minimum atomic E-state index is -4.61. The molecular formula is C17H13F3N2O4. The molecule has 0 unspecified atom stereocenters. The Labute approximate surface area is 145 Å². The summed E-state index contributed by atoms with van der Waals surface area (Å²) < 4.78 is 49.0. The fraction of sp³-hybridized carbons (Fsp3) is 0.176. The highest BCUT2D eigenvalue weighted by Gasteiger charge is 2.33. The van der Waals surface area contributed by atoms with Gasteiger partial charge in [-0.05, 0) is 24.3 Å². The van der Waals surface area contributed by atoms with Gasteiger partial charge in [-0.3, -0.25) is 9.59 Å². The summed E-state index contributed by atoms with van der Waals surface area (Å²) in [5.74, 6) is -0.554. The molecule has 2 aromatic carbocycles. The lowest BCUT2D eigenvalue weighted by Crippen LogP contribution is -2.22. The minimum Gasteiger partial charge on any atom is -0.454 e. The first kappa shape index (κ1) is 17.6. The second kappa shape index (κ2) is 6.95. The Morgan fingerprint density at radius 2 is 1.65 bits per heavy atom. The molecule has 26 heavy (non-hydrogen) atoms. The SMILES string of the molecule is O=C(CC(=O)Nc1ccccc1C(F)(F)F)Nc1ccc2c(c1)OCO2.